The lowest BCUT2D eigenvalue weighted by Crippen LogP contribution is -2.12. The smallest absolute Gasteiger partial charge is 0.0109 e. The van der Waals surface area contributed by atoms with Crippen LogP contribution in [-0.2, 0) is 6.42 Å². The van der Waals surface area contributed by atoms with Gasteiger partial charge in [-0.2, -0.15) is 0 Å². The standard InChI is InChI=1S/C27H38/c1-3-5-9-13-25-20-22-27(23-21-25)15-11-8-7-10-14-26-18-16-24(17-19-26)12-6-4-2/h10-11,14-19,25,27H,3-6,9,12-13,20-23H2,1-2H3/b14-10+,15-11+. The van der Waals surface area contributed by atoms with Crippen molar-refractivity contribution in [1.82, 2.24) is 0 Å². The number of aryl methyl sites for hydroxylation is 1. The molecule has 0 radical (unpaired) electrons. The van der Waals surface area contributed by atoms with Crippen LogP contribution in [0, 0.1) is 23.7 Å². The van der Waals surface area contributed by atoms with Crippen molar-refractivity contribution in [2.75, 3.05) is 0 Å². The predicted molar refractivity (Wildman–Crippen MR) is 121 cm³/mol. The zero-order valence-electron chi connectivity index (χ0n) is 17.6. The van der Waals surface area contributed by atoms with Crippen molar-refractivity contribution in [2.24, 2.45) is 11.8 Å². The van der Waals surface area contributed by atoms with Gasteiger partial charge in [-0.25, -0.2) is 0 Å². The zero-order valence-corrected chi connectivity index (χ0v) is 17.6. The normalized spacial score (nSPS) is 20.1. The molecule has 0 atom stereocenters. The van der Waals surface area contributed by atoms with E-state index < -0.39 is 0 Å². The SMILES string of the molecule is CCCCCC1CCC(/C=C/C#C/C=C/c2ccc(CCCC)cc2)CC1. The summed E-state index contributed by atoms with van der Waals surface area (Å²) in [6.45, 7) is 4.53. The average Bonchev–Trinajstić information content (AvgIpc) is 2.71. The van der Waals surface area contributed by atoms with E-state index in [1.807, 2.05) is 6.08 Å². The highest BCUT2D eigenvalue weighted by Gasteiger charge is 2.18. The van der Waals surface area contributed by atoms with E-state index in [4.69, 9.17) is 0 Å². The molecule has 27 heavy (non-hydrogen) atoms. The van der Waals surface area contributed by atoms with Gasteiger partial charge in [0, 0.05) is 0 Å². The van der Waals surface area contributed by atoms with Gasteiger partial charge < -0.3 is 0 Å². The molecule has 1 saturated carbocycles. The molecule has 1 aromatic carbocycles. The summed E-state index contributed by atoms with van der Waals surface area (Å²) in [6.07, 6.45) is 23.4. The van der Waals surface area contributed by atoms with Crippen molar-refractivity contribution in [3.8, 4) is 11.8 Å². The van der Waals surface area contributed by atoms with Gasteiger partial charge >= 0.3 is 0 Å². The molecule has 0 heterocycles. The molecule has 146 valence electrons. The van der Waals surface area contributed by atoms with Crippen LogP contribution in [0.5, 0.6) is 0 Å². The van der Waals surface area contributed by atoms with Gasteiger partial charge in [-0.1, -0.05) is 88.1 Å². The van der Waals surface area contributed by atoms with Gasteiger partial charge in [0.1, 0.15) is 0 Å². The Morgan fingerprint density at radius 1 is 0.852 bits per heavy atom. The fourth-order valence-electron chi connectivity index (χ4n) is 3.95. The minimum atomic E-state index is 0.751. The molecule has 1 fully saturated rings. The predicted octanol–water partition coefficient (Wildman–Crippen LogP) is 7.99. The van der Waals surface area contributed by atoms with Crippen LogP contribution in [0.3, 0.4) is 0 Å². The fourth-order valence-corrected chi connectivity index (χ4v) is 3.95. The first-order valence-electron chi connectivity index (χ1n) is 11.2. The summed E-state index contributed by atoms with van der Waals surface area (Å²) < 4.78 is 0. The Kier molecular flexibility index (Phi) is 10.7. The molecule has 1 aromatic rings. The lowest BCUT2D eigenvalue weighted by atomic mass is 9.79. The van der Waals surface area contributed by atoms with E-state index in [0.29, 0.717) is 0 Å². The molecule has 0 saturated heterocycles. The van der Waals surface area contributed by atoms with E-state index in [0.717, 1.165) is 11.8 Å². The van der Waals surface area contributed by atoms with Gasteiger partial charge in [-0.3, -0.25) is 0 Å². The lowest BCUT2D eigenvalue weighted by Gasteiger charge is -2.26. The van der Waals surface area contributed by atoms with Crippen molar-refractivity contribution in [3.63, 3.8) is 0 Å². The zero-order chi connectivity index (χ0) is 19.2. The van der Waals surface area contributed by atoms with E-state index in [1.165, 1.54) is 81.8 Å². The maximum Gasteiger partial charge on any atom is -0.0109 e. The van der Waals surface area contributed by atoms with Crippen molar-refractivity contribution < 1.29 is 0 Å². The molecular weight excluding hydrogens is 324 g/mol. The summed E-state index contributed by atoms with van der Waals surface area (Å²) in [7, 11) is 0. The highest BCUT2D eigenvalue weighted by Crippen LogP contribution is 2.32. The molecule has 2 rings (SSSR count). The quantitative estimate of drug-likeness (QED) is 0.308. The van der Waals surface area contributed by atoms with Gasteiger partial charge in [-0.15, -0.1) is 0 Å². The summed E-state index contributed by atoms with van der Waals surface area (Å²) in [4.78, 5) is 0. The third-order valence-electron chi connectivity index (χ3n) is 5.80. The number of hydrogen-bond acceptors (Lipinski definition) is 0. The summed E-state index contributed by atoms with van der Waals surface area (Å²) in [5, 5.41) is 0. The Hall–Kier alpha value is -1.74. The van der Waals surface area contributed by atoms with Crippen LogP contribution in [0.15, 0.2) is 42.5 Å². The molecule has 1 aliphatic carbocycles. The molecule has 0 nitrogen and oxygen atoms in total. The summed E-state index contributed by atoms with van der Waals surface area (Å²) >= 11 is 0. The van der Waals surface area contributed by atoms with E-state index in [2.05, 4.69) is 68.2 Å². The van der Waals surface area contributed by atoms with E-state index in [1.54, 1.807) is 0 Å². The van der Waals surface area contributed by atoms with Gasteiger partial charge in [0.2, 0.25) is 0 Å². The van der Waals surface area contributed by atoms with Crippen molar-refractivity contribution >= 4 is 6.08 Å². The minimum absolute atomic E-state index is 0.751. The number of hydrogen-bond donors (Lipinski definition) is 0. The fraction of sp³-hybridized carbons (Fsp3) is 0.556. The van der Waals surface area contributed by atoms with Gasteiger partial charge in [0.15, 0.2) is 0 Å². The Balaban J connectivity index is 1.67. The Morgan fingerprint density at radius 2 is 1.56 bits per heavy atom. The van der Waals surface area contributed by atoms with Crippen LogP contribution >= 0.6 is 0 Å². The Bertz CT molecular complexity index is 612. The summed E-state index contributed by atoms with van der Waals surface area (Å²) in [6, 6.07) is 8.86. The highest BCUT2D eigenvalue weighted by molar-refractivity contribution is 5.53. The third kappa shape index (κ3) is 9.14. The maximum absolute atomic E-state index is 3.18. The molecule has 0 spiro atoms. The van der Waals surface area contributed by atoms with Crippen molar-refractivity contribution in [1.29, 1.82) is 0 Å². The van der Waals surface area contributed by atoms with Crippen molar-refractivity contribution in [2.45, 2.75) is 84.5 Å². The van der Waals surface area contributed by atoms with Crippen molar-refractivity contribution in [3.05, 3.63) is 53.6 Å². The first-order valence-corrected chi connectivity index (χ1v) is 11.2. The average molecular weight is 363 g/mol. The minimum Gasteiger partial charge on any atom is -0.0730 e. The molecule has 0 aromatic heterocycles. The number of benzene rings is 1. The second-order valence-electron chi connectivity index (χ2n) is 8.10. The highest BCUT2D eigenvalue weighted by atomic mass is 14.2. The van der Waals surface area contributed by atoms with E-state index in [9.17, 15) is 0 Å². The van der Waals surface area contributed by atoms with Crippen LogP contribution in [0.2, 0.25) is 0 Å². The van der Waals surface area contributed by atoms with Gasteiger partial charge in [0.25, 0.3) is 0 Å². The number of unbranched alkanes of at least 4 members (excludes halogenated alkanes) is 3. The van der Waals surface area contributed by atoms with Crippen LogP contribution in [0.25, 0.3) is 6.08 Å². The molecule has 0 amide bonds. The topological polar surface area (TPSA) is 0 Å². The van der Waals surface area contributed by atoms with E-state index >= 15 is 0 Å². The number of allylic oxidation sites excluding steroid dienone is 3. The summed E-state index contributed by atoms with van der Waals surface area (Å²) in [5.74, 6) is 8.07. The Labute approximate surface area is 168 Å². The van der Waals surface area contributed by atoms with Gasteiger partial charge in [-0.05, 0) is 79.7 Å². The molecule has 0 bridgehead atoms. The Morgan fingerprint density at radius 3 is 2.26 bits per heavy atom. The number of rotatable bonds is 9. The van der Waals surface area contributed by atoms with Gasteiger partial charge in [0.05, 0.1) is 0 Å². The summed E-state index contributed by atoms with van der Waals surface area (Å²) in [5.41, 5.74) is 2.66. The lowest BCUT2D eigenvalue weighted by molar-refractivity contribution is 0.289. The first-order chi connectivity index (χ1) is 13.3. The second kappa shape index (κ2) is 13.4. The monoisotopic (exact) mass is 362 g/mol. The maximum atomic E-state index is 3.18. The molecular formula is C27H38. The molecule has 0 unspecified atom stereocenters. The molecule has 1 aliphatic rings. The molecule has 0 heteroatoms. The molecule has 0 aliphatic heterocycles. The second-order valence-corrected chi connectivity index (χ2v) is 8.10. The van der Waals surface area contributed by atoms with Crippen LogP contribution < -0.4 is 0 Å². The third-order valence-corrected chi connectivity index (χ3v) is 5.80. The first kappa shape index (κ1) is 21.6. The van der Waals surface area contributed by atoms with Crippen LogP contribution in [-0.4, -0.2) is 0 Å². The molecule has 0 N–H and O–H groups in total. The largest absolute Gasteiger partial charge is 0.0730 e. The van der Waals surface area contributed by atoms with Crippen LogP contribution in [0.4, 0.5) is 0 Å². The van der Waals surface area contributed by atoms with Crippen LogP contribution in [0.1, 0.15) is 89.2 Å². The van der Waals surface area contributed by atoms with E-state index in [-0.39, 0.29) is 0 Å².